The summed E-state index contributed by atoms with van der Waals surface area (Å²) in [5.74, 6) is 2.00. The van der Waals surface area contributed by atoms with Gasteiger partial charge in [-0.05, 0) is 37.8 Å². The molecule has 2 saturated heterocycles. The van der Waals surface area contributed by atoms with Gasteiger partial charge in [-0.25, -0.2) is 0 Å². The molecular formula is C31H36N4O8. The molecule has 0 bridgehead atoms. The molecule has 228 valence electrons. The van der Waals surface area contributed by atoms with Crippen LogP contribution in [0.5, 0.6) is 34.5 Å². The van der Waals surface area contributed by atoms with Gasteiger partial charge in [-0.15, -0.1) is 0 Å². The number of fused-ring (bicyclic) bond motifs is 4. The first-order valence-corrected chi connectivity index (χ1v) is 14.5. The van der Waals surface area contributed by atoms with Crippen molar-refractivity contribution in [2.75, 3.05) is 54.7 Å². The molecule has 4 aliphatic heterocycles. The van der Waals surface area contributed by atoms with Crippen molar-refractivity contribution in [2.24, 2.45) is 9.98 Å². The molecule has 12 nitrogen and oxygen atoms in total. The molecule has 2 aromatic carbocycles. The highest BCUT2D eigenvalue weighted by Gasteiger charge is 2.36. The van der Waals surface area contributed by atoms with Gasteiger partial charge in [0.2, 0.25) is 11.5 Å². The fourth-order valence-electron chi connectivity index (χ4n) is 6.19. The van der Waals surface area contributed by atoms with Gasteiger partial charge < -0.3 is 38.2 Å². The van der Waals surface area contributed by atoms with Crippen LogP contribution in [0.1, 0.15) is 52.8 Å². The Labute approximate surface area is 250 Å². The number of nitrogens with zero attached hydrogens (tertiary/aromatic N) is 4. The average Bonchev–Trinajstić information content (AvgIpc) is 3.65. The summed E-state index contributed by atoms with van der Waals surface area (Å²) in [5, 5.41) is 0. The van der Waals surface area contributed by atoms with Crippen LogP contribution in [0.2, 0.25) is 0 Å². The van der Waals surface area contributed by atoms with Crippen LogP contribution in [0, 0.1) is 0 Å². The van der Waals surface area contributed by atoms with Crippen molar-refractivity contribution >= 4 is 35.6 Å². The summed E-state index contributed by atoms with van der Waals surface area (Å²) in [6.45, 7) is 1.89. The minimum absolute atomic E-state index is 0.0278. The van der Waals surface area contributed by atoms with E-state index in [0.29, 0.717) is 76.5 Å². The van der Waals surface area contributed by atoms with Gasteiger partial charge in [0, 0.05) is 31.9 Å². The zero-order valence-electron chi connectivity index (χ0n) is 24.9. The van der Waals surface area contributed by atoms with E-state index in [1.54, 1.807) is 12.1 Å². The van der Waals surface area contributed by atoms with E-state index in [1.165, 1.54) is 28.4 Å². The lowest BCUT2D eigenvalue weighted by molar-refractivity contribution is 0.0766. The second-order valence-corrected chi connectivity index (χ2v) is 10.7. The van der Waals surface area contributed by atoms with Crippen LogP contribution in [0.3, 0.4) is 0 Å². The molecule has 0 unspecified atom stereocenters. The predicted octanol–water partition coefficient (Wildman–Crippen LogP) is 4.21. The Bertz CT molecular complexity index is 1380. The minimum Gasteiger partial charge on any atom is -0.493 e. The van der Waals surface area contributed by atoms with Crippen molar-refractivity contribution in [2.45, 2.75) is 44.2 Å². The SMILES string of the molecule is COc1cc2c(c(OC)c1OCCCOc1c(OC)cc3c(c1OC)N=C[C@@H]1CCCN1C3=O)N=C[C@@H]1CCCN1C2=O. The molecule has 43 heavy (non-hydrogen) atoms. The number of aliphatic imine (C=N–C) groups is 2. The lowest BCUT2D eigenvalue weighted by atomic mass is 10.1. The van der Waals surface area contributed by atoms with Crippen LogP contribution >= 0.6 is 0 Å². The van der Waals surface area contributed by atoms with Crippen molar-refractivity contribution in [1.29, 1.82) is 0 Å². The van der Waals surface area contributed by atoms with E-state index in [4.69, 9.17) is 28.4 Å². The topological polar surface area (TPSA) is 121 Å². The highest BCUT2D eigenvalue weighted by atomic mass is 16.5. The summed E-state index contributed by atoms with van der Waals surface area (Å²) >= 11 is 0. The molecule has 2 fully saturated rings. The van der Waals surface area contributed by atoms with Crippen molar-refractivity contribution in [1.82, 2.24) is 9.80 Å². The number of rotatable bonds is 10. The number of carbonyl (C=O) groups excluding carboxylic acids is 2. The second kappa shape index (κ2) is 12.0. The molecule has 0 N–H and O–H groups in total. The van der Waals surface area contributed by atoms with Crippen LogP contribution in [-0.4, -0.2) is 101 Å². The average molecular weight is 593 g/mol. The highest BCUT2D eigenvalue weighted by molar-refractivity contribution is 6.06. The molecule has 0 aromatic heterocycles. The molecule has 12 heteroatoms. The number of hydrogen-bond acceptors (Lipinski definition) is 10. The Morgan fingerprint density at radius 1 is 0.674 bits per heavy atom. The number of benzene rings is 2. The second-order valence-electron chi connectivity index (χ2n) is 10.7. The van der Waals surface area contributed by atoms with E-state index >= 15 is 0 Å². The molecule has 6 rings (SSSR count). The maximum atomic E-state index is 13.3. The molecule has 0 radical (unpaired) electrons. The lowest BCUT2D eigenvalue weighted by Gasteiger charge is -2.22. The highest BCUT2D eigenvalue weighted by Crippen LogP contribution is 2.50. The maximum absolute atomic E-state index is 13.3. The Morgan fingerprint density at radius 3 is 1.51 bits per heavy atom. The number of hydrogen-bond donors (Lipinski definition) is 0. The summed E-state index contributed by atoms with van der Waals surface area (Å²) in [5.41, 5.74) is 1.72. The minimum atomic E-state index is -0.0957. The Morgan fingerprint density at radius 2 is 1.12 bits per heavy atom. The van der Waals surface area contributed by atoms with Gasteiger partial charge in [0.05, 0.1) is 64.9 Å². The first kappa shape index (κ1) is 28.6. The van der Waals surface area contributed by atoms with Gasteiger partial charge in [0.25, 0.3) is 11.8 Å². The molecule has 2 amide bonds. The van der Waals surface area contributed by atoms with Gasteiger partial charge in [-0.1, -0.05) is 0 Å². The third-order valence-corrected chi connectivity index (χ3v) is 8.31. The van der Waals surface area contributed by atoms with Crippen LogP contribution in [0.25, 0.3) is 0 Å². The van der Waals surface area contributed by atoms with Gasteiger partial charge >= 0.3 is 0 Å². The quantitative estimate of drug-likeness (QED) is 0.377. The van der Waals surface area contributed by atoms with Crippen molar-refractivity contribution < 1.29 is 38.0 Å². The number of carbonyl (C=O) groups is 2. The van der Waals surface area contributed by atoms with Gasteiger partial charge in [0.1, 0.15) is 11.4 Å². The number of methoxy groups -OCH3 is 4. The van der Waals surface area contributed by atoms with Crippen molar-refractivity contribution in [3.8, 4) is 34.5 Å². The standard InChI is InChI=1S/C31H36N4O8/c1-38-22-14-20-24(32-16-18-8-5-10-34(18)30(20)36)28(40-3)26(22)42-12-7-13-43-27-23(39-2)15-21-25(29(27)41-4)33-17-19-9-6-11-35(19)31(21)37/h14-19H,5-13H2,1-4H3/t18-,19-/m0/s1. The van der Waals surface area contributed by atoms with Gasteiger partial charge in [-0.3, -0.25) is 19.6 Å². The van der Waals surface area contributed by atoms with Crippen LogP contribution in [-0.2, 0) is 0 Å². The summed E-state index contributed by atoms with van der Waals surface area (Å²) in [7, 11) is 6.08. The molecule has 2 aromatic rings. The van der Waals surface area contributed by atoms with E-state index in [9.17, 15) is 9.59 Å². The fourth-order valence-corrected chi connectivity index (χ4v) is 6.19. The van der Waals surface area contributed by atoms with E-state index in [0.717, 1.165) is 25.7 Å². The molecule has 0 aliphatic carbocycles. The zero-order valence-corrected chi connectivity index (χ0v) is 24.9. The van der Waals surface area contributed by atoms with E-state index in [2.05, 4.69) is 9.98 Å². The van der Waals surface area contributed by atoms with E-state index < -0.39 is 0 Å². The first-order valence-electron chi connectivity index (χ1n) is 14.5. The van der Waals surface area contributed by atoms with Gasteiger partial charge in [-0.2, -0.15) is 0 Å². The Kier molecular flexibility index (Phi) is 8.00. The summed E-state index contributed by atoms with van der Waals surface area (Å²) in [4.78, 5) is 39.6. The van der Waals surface area contributed by atoms with Crippen molar-refractivity contribution in [3.05, 3.63) is 23.3 Å². The summed E-state index contributed by atoms with van der Waals surface area (Å²) in [6, 6.07) is 3.28. The molecule has 4 aliphatic rings. The van der Waals surface area contributed by atoms with Crippen LogP contribution < -0.4 is 28.4 Å². The molecule has 0 spiro atoms. The summed E-state index contributed by atoms with van der Waals surface area (Å²) < 4.78 is 34.9. The monoisotopic (exact) mass is 592 g/mol. The molecule has 4 heterocycles. The Balaban J connectivity index is 1.19. The Hall–Kier alpha value is -4.48. The lowest BCUT2D eigenvalue weighted by Crippen LogP contribution is -2.35. The fraction of sp³-hybridized carbons (Fsp3) is 0.484. The van der Waals surface area contributed by atoms with Crippen LogP contribution in [0.15, 0.2) is 22.1 Å². The maximum Gasteiger partial charge on any atom is 0.256 e. The van der Waals surface area contributed by atoms with Crippen LogP contribution in [0.4, 0.5) is 11.4 Å². The predicted molar refractivity (Wildman–Crippen MR) is 159 cm³/mol. The zero-order chi connectivity index (χ0) is 30.1. The smallest absolute Gasteiger partial charge is 0.256 e. The normalized spacial score (nSPS) is 20.1. The van der Waals surface area contributed by atoms with E-state index in [1.807, 2.05) is 22.2 Å². The van der Waals surface area contributed by atoms with Gasteiger partial charge in [0.15, 0.2) is 23.0 Å². The third kappa shape index (κ3) is 4.98. The van der Waals surface area contributed by atoms with E-state index in [-0.39, 0.29) is 37.1 Å². The van der Waals surface area contributed by atoms with Crippen molar-refractivity contribution in [3.63, 3.8) is 0 Å². The molecular weight excluding hydrogens is 556 g/mol. The third-order valence-electron chi connectivity index (χ3n) is 8.31. The largest absolute Gasteiger partial charge is 0.493 e. The number of amides is 2. The molecule has 0 saturated carbocycles. The first-order chi connectivity index (χ1) is 21.0. The number of ether oxygens (including phenoxy) is 6. The summed E-state index contributed by atoms with van der Waals surface area (Å²) in [6.07, 6.45) is 7.76. The molecule has 2 atom stereocenters.